The number of nitrogens with zero attached hydrogens (tertiary/aromatic N) is 5. The van der Waals surface area contributed by atoms with Gasteiger partial charge in [-0.15, -0.1) is 10.2 Å². The number of fused-ring (bicyclic) bond motifs is 2. The molecule has 3 heterocycles. The number of aromatic nitrogens is 5. The molecule has 0 saturated heterocycles. The number of carboxylic acid groups (broad SMARTS) is 1. The first-order chi connectivity index (χ1) is 12.0. The summed E-state index contributed by atoms with van der Waals surface area (Å²) in [5, 5.41) is 17.4. The second-order valence-electron chi connectivity index (χ2n) is 5.81. The molecule has 1 aliphatic rings. The molecule has 0 aliphatic carbocycles. The maximum atomic E-state index is 13.8. The van der Waals surface area contributed by atoms with Crippen LogP contribution in [0.3, 0.4) is 0 Å². The Morgan fingerprint density at radius 2 is 2.16 bits per heavy atom. The van der Waals surface area contributed by atoms with Crippen LogP contribution in [0.15, 0.2) is 18.5 Å². The number of carbonyl (C=O) groups excluding carboxylic acids is 1. The van der Waals surface area contributed by atoms with E-state index in [1.807, 2.05) is 0 Å². The normalized spacial score (nSPS) is 16.9. The number of nitrogens with one attached hydrogen (secondary N) is 1. The number of rotatable bonds is 2. The number of carbonyl (C=O) groups is 2. The van der Waals surface area contributed by atoms with E-state index >= 15 is 0 Å². The largest absolute Gasteiger partial charge is 0.480 e. The first kappa shape index (κ1) is 15.2. The van der Waals surface area contributed by atoms with E-state index in [1.165, 1.54) is 12.4 Å². The van der Waals surface area contributed by atoms with Gasteiger partial charge in [-0.2, -0.15) is 0 Å². The summed E-state index contributed by atoms with van der Waals surface area (Å²) in [6.45, 7) is 1.72. The van der Waals surface area contributed by atoms with Gasteiger partial charge in [0, 0.05) is 0 Å². The van der Waals surface area contributed by atoms with Crippen LogP contribution in [0, 0.1) is 12.7 Å². The highest BCUT2D eigenvalue weighted by Crippen LogP contribution is 2.24. The minimum absolute atomic E-state index is 0.00665. The molecule has 1 unspecified atom stereocenters. The lowest BCUT2D eigenvalue weighted by molar-refractivity contribution is -0.143. The van der Waals surface area contributed by atoms with Crippen LogP contribution in [-0.2, 0) is 17.9 Å². The number of H-pyrrole nitrogens is 1. The predicted molar refractivity (Wildman–Crippen MR) is 82.1 cm³/mol. The van der Waals surface area contributed by atoms with Crippen LogP contribution in [0.2, 0.25) is 0 Å². The van der Waals surface area contributed by atoms with E-state index in [9.17, 15) is 19.1 Å². The van der Waals surface area contributed by atoms with Gasteiger partial charge in [-0.1, -0.05) is 0 Å². The van der Waals surface area contributed by atoms with Crippen LogP contribution in [-0.4, -0.2) is 52.7 Å². The number of hydrogen-bond acceptors (Lipinski definition) is 5. The lowest BCUT2D eigenvalue weighted by atomic mass is 10.1. The highest BCUT2D eigenvalue weighted by molar-refractivity contribution is 6.06. The number of halogens is 1. The Morgan fingerprint density at radius 1 is 1.36 bits per heavy atom. The van der Waals surface area contributed by atoms with Gasteiger partial charge in [-0.05, 0) is 19.1 Å². The highest BCUT2D eigenvalue weighted by Gasteiger charge is 2.37. The van der Waals surface area contributed by atoms with E-state index in [0.29, 0.717) is 22.7 Å². The number of hydrogen-bond donors (Lipinski definition) is 2. The lowest BCUT2D eigenvalue weighted by Gasteiger charge is -2.33. The minimum atomic E-state index is -1.15. The van der Waals surface area contributed by atoms with Gasteiger partial charge in [0.2, 0.25) is 0 Å². The first-order valence-electron chi connectivity index (χ1n) is 7.51. The van der Waals surface area contributed by atoms with Crippen molar-refractivity contribution in [2.75, 3.05) is 0 Å². The first-order valence-corrected chi connectivity index (χ1v) is 7.51. The average molecular weight is 344 g/mol. The number of benzene rings is 1. The van der Waals surface area contributed by atoms with E-state index in [0.717, 1.165) is 11.0 Å². The monoisotopic (exact) mass is 344 g/mol. The van der Waals surface area contributed by atoms with Gasteiger partial charge in [0.15, 0.2) is 5.82 Å². The Balaban J connectivity index is 1.80. The van der Waals surface area contributed by atoms with E-state index < -0.39 is 23.7 Å². The van der Waals surface area contributed by atoms with E-state index in [-0.39, 0.29) is 18.7 Å². The molecule has 1 atom stereocenters. The molecule has 3 aromatic rings. The molecule has 0 bridgehead atoms. The van der Waals surface area contributed by atoms with Crippen molar-refractivity contribution in [1.82, 2.24) is 29.6 Å². The summed E-state index contributed by atoms with van der Waals surface area (Å²) in [4.78, 5) is 32.6. The minimum Gasteiger partial charge on any atom is -0.480 e. The van der Waals surface area contributed by atoms with Gasteiger partial charge < -0.3 is 19.6 Å². The van der Waals surface area contributed by atoms with Gasteiger partial charge >= 0.3 is 5.97 Å². The number of aliphatic carboxylic acids is 1. The van der Waals surface area contributed by atoms with Crippen molar-refractivity contribution in [3.05, 3.63) is 41.5 Å². The molecule has 2 N–H and O–H groups in total. The van der Waals surface area contributed by atoms with Crippen LogP contribution in [0.25, 0.3) is 11.0 Å². The predicted octanol–water partition coefficient (Wildman–Crippen LogP) is 0.711. The van der Waals surface area contributed by atoms with E-state index in [4.69, 9.17) is 0 Å². The molecule has 2 aromatic heterocycles. The molecule has 0 fully saturated rings. The van der Waals surface area contributed by atoms with Crippen molar-refractivity contribution < 1.29 is 19.1 Å². The van der Waals surface area contributed by atoms with Gasteiger partial charge in [-0.25, -0.2) is 14.2 Å². The molecule has 1 aliphatic heterocycles. The summed E-state index contributed by atoms with van der Waals surface area (Å²) in [7, 11) is 0. The summed E-state index contributed by atoms with van der Waals surface area (Å²) in [5.41, 5.74) is 0.664. The van der Waals surface area contributed by atoms with Crippen molar-refractivity contribution in [3.8, 4) is 0 Å². The van der Waals surface area contributed by atoms with Crippen molar-refractivity contribution >= 4 is 22.9 Å². The second kappa shape index (κ2) is 5.36. The molecule has 0 radical (unpaired) electrons. The van der Waals surface area contributed by atoms with Crippen LogP contribution in [0.1, 0.15) is 22.0 Å². The molecule has 4 rings (SSSR count). The Labute approximate surface area is 140 Å². The third-order valence-corrected chi connectivity index (χ3v) is 4.32. The summed E-state index contributed by atoms with van der Waals surface area (Å²) in [6, 6.07) is 1.19. The highest BCUT2D eigenvalue weighted by atomic mass is 19.1. The fourth-order valence-electron chi connectivity index (χ4n) is 3.07. The maximum Gasteiger partial charge on any atom is 0.328 e. The van der Waals surface area contributed by atoms with E-state index in [1.54, 1.807) is 11.5 Å². The fraction of sp³-hybridized carbons (Fsp3) is 0.267. The van der Waals surface area contributed by atoms with Crippen molar-refractivity contribution in [1.29, 1.82) is 0 Å². The average Bonchev–Trinajstić information content (AvgIpc) is 3.19. The van der Waals surface area contributed by atoms with Crippen molar-refractivity contribution in [3.63, 3.8) is 0 Å². The number of carboxylic acids is 1. The standard InChI is InChI=1S/C15H13FN6O3/c1-7-19-20-12-5-22(11(15(24)25)4-21(7)12)14(23)9-2-8(16)3-10-13(9)18-6-17-10/h2-3,6,11H,4-5H2,1H3,(H,17,18)(H,24,25). The Bertz CT molecular complexity index is 1010. The second-order valence-corrected chi connectivity index (χ2v) is 5.81. The third-order valence-electron chi connectivity index (χ3n) is 4.32. The van der Waals surface area contributed by atoms with Gasteiger partial charge in [0.05, 0.1) is 30.5 Å². The maximum absolute atomic E-state index is 13.8. The summed E-state index contributed by atoms with van der Waals surface area (Å²) < 4.78 is 15.5. The SMILES string of the molecule is Cc1nnc2n1CC(C(=O)O)N(C(=O)c1cc(F)cc3[nH]cnc13)C2. The van der Waals surface area contributed by atoms with Crippen LogP contribution < -0.4 is 0 Å². The Kier molecular flexibility index (Phi) is 3.27. The number of aromatic amines is 1. The van der Waals surface area contributed by atoms with Gasteiger partial charge in [0.25, 0.3) is 5.91 Å². The molecule has 1 amide bonds. The Hall–Kier alpha value is -3.30. The number of amides is 1. The van der Waals surface area contributed by atoms with Crippen LogP contribution in [0.5, 0.6) is 0 Å². The topological polar surface area (TPSA) is 117 Å². The summed E-state index contributed by atoms with van der Waals surface area (Å²) in [6.07, 6.45) is 1.35. The summed E-state index contributed by atoms with van der Waals surface area (Å²) >= 11 is 0. The van der Waals surface area contributed by atoms with Crippen molar-refractivity contribution in [2.24, 2.45) is 0 Å². The summed E-state index contributed by atoms with van der Waals surface area (Å²) in [5.74, 6) is -1.31. The number of aryl methyl sites for hydroxylation is 1. The van der Waals surface area contributed by atoms with Gasteiger partial charge in [0.1, 0.15) is 23.2 Å². The molecule has 128 valence electrons. The number of imidazole rings is 1. The van der Waals surface area contributed by atoms with Crippen LogP contribution in [0.4, 0.5) is 4.39 Å². The van der Waals surface area contributed by atoms with Gasteiger partial charge in [-0.3, -0.25) is 4.79 Å². The zero-order valence-electron chi connectivity index (χ0n) is 13.1. The lowest BCUT2D eigenvalue weighted by Crippen LogP contribution is -2.50. The van der Waals surface area contributed by atoms with Crippen LogP contribution >= 0.6 is 0 Å². The quantitative estimate of drug-likeness (QED) is 0.707. The van der Waals surface area contributed by atoms with Crippen molar-refractivity contribution in [2.45, 2.75) is 26.1 Å². The molecular formula is C15H13FN6O3. The molecule has 9 nitrogen and oxygen atoms in total. The Morgan fingerprint density at radius 3 is 2.92 bits per heavy atom. The smallest absolute Gasteiger partial charge is 0.328 e. The van der Waals surface area contributed by atoms with E-state index in [2.05, 4.69) is 20.2 Å². The molecule has 0 spiro atoms. The zero-order valence-corrected chi connectivity index (χ0v) is 13.1. The zero-order chi connectivity index (χ0) is 17.7. The molecule has 25 heavy (non-hydrogen) atoms. The molecule has 10 heteroatoms. The fourth-order valence-corrected chi connectivity index (χ4v) is 3.07. The third kappa shape index (κ3) is 2.33. The molecule has 0 saturated carbocycles. The molecule has 1 aromatic carbocycles. The molecular weight excluding hydrogens is 331 g/mol.